The van der Waals surface area contributed by atoms with Gasteiger partial charge < -0.3 is 9.80 Å². The van der Waals surface area contributed by atoms with E-state index in [1.54, 1.807) is 41.3 Å². The third-order valence-electron chi connectivity index (χ3n) is 4.45. The summed E-state index contributed by atoms with van der Waals surface area (Å²) < 4.78 is 0. The van der Waals surface area contributed by atoms with Gasteiger partial charge in [-0.2, -0.15) is 0 Å². The van der Waals surface area contributed by atoms with Gasteiger partial charge in [-0.3, -0.25) is 14.4 Å². The molecule has 0 atom stereocenters. The first-order chi connectivity index (χ1) is 12.5. The predicted octanol–water partition coefficient (Wildman–Crippen LogP) is 2.82. The Kier molecular flexibility index (Phi) is 5.38. The van der Waals surface area contributed by atoms with E-state index in [1.165, 1.54) is 4.90 Å². The maximum atomic E-state index is 12.5. The number of carbonyl (C=O) groups excluding carboxylic acids is 3. The van der Waals surface area contributed by atoms with Crippen molar-refractivity contribution in [2.75, 3.05) is 26.2 Å². The van der Waals surface area contributed by atoms with Crippen molar-refractivity contribution in [3.05, 3.63) is 70.2 Å². The van der Waals surface area contributed by atoms with Crippen LogP contribution in [0.4, 0.5) is 0 Å². The van der Waals surface area contributed by atoms with Gasteiger partial charge in [-0.05, 0) is 31.2 Å². The van der Waals surface area contributed by atoms with Crippen LogP contribution >= 0.6 is 11.6 Å². The second-order valence-corrected chi connectivity index (χ2v) is 6.72. The minimum Gasteiger partial charge on any atom is -0.335 e. The number of halogens is 1. The summed E-state index contributed by atoms with van der Waals surface area (Å²) in [4.78, 5) is 40.4. The van der Waals surface area contributed by atoms with Gasteiger partial charge in [0.05, 0.1) is 0 Å². The molecule has 1 aliphatic rings. The van der Waals surface area contributed by atoms with E-state index in [-0.39, 0.29) is 5.91 Å². The molecular formula is C20H19ClN2O3. The summed E-state index contributed by atoms with van der Waals surface area (Å²) in [6, 6.07) is 13.7. The molecule has 1 heterocycles. The lowest BCUT2D eigenvalue weighted by molar-refractivity contribution is -0.127. The van der Waals surface area contributed by atoms with Crippen LogP contribution in [-0.2, 0) is 4.79 Å². The normalized spacial score (nSPS) is 14.2. The van der Waals surface area contributed by atoms with E-state index in [4.69, 9.17) is 11.6 Å². The number of rotatable bonds is 3. The van der Waals surface area contributed by atoms with Gasteiger partial charge in [0, 0.05) is 42.3 Å². The molecule has 0 aromatic heterocycles. The molecule has 0 aliphatic carbocycles. The number of amides is 2. The molecule has 5 nitrogen and oxygen atoms in total. The van der Waals surface area contributed by atoms with Crippen LogP contribution in [0.25, 0.3) is 0 Å². The van der Waals surface area contributed by atoms with Crippen molar-refractivity contribution in [3.63, 3.8) is 0 Å². The molecule has 1 aliphatic heterocycles. The van der Waals surface area contributed by atoms with Gasteiger partial charge in [-0.15, -0.1) is 0 Å². The number of piperazine rings is 1. The van der Waals surface area contributed by atoms with Crippen molar-refractivity contribution in [1.29, 1.82) is 0 Å². The van der Waals surface area contributed by atoms with E-state index >= 15 is 0 Å². The maximum Gasteiger partial charge on any atom is 0.295 e. The Hall–Kier alpha value is -2.66. The highest BCUT2D eigenvalue weighted by atomic mass is 35.5. The molecule has 2 aromatic rings. The second-order valence-electron chi connectivity index (χ2n) is 6.29. The predicted molar refractivity (Wildman–Crippen MR) is 99.4 cm³/mol. The van der Waals surface area contributed by atoms with E-state index in [9.17, 15) is 14.4 Å². The zero-order chi connectivity index (χ0) is 18.7. The number of hydrogen-bond acceptors (Lipinski definition) is 3. The molecule has 6 heteroatoms. The van der Waals surface area contributed by atoms with Crippen LogP contribution in [0.5, 0.6) is 0 Å². The minimum absolute atomic E-state index is 0.0985. The van der Waals surface area contributed by atoms with Gasteiger partial charge in [0.1, 0.15) is 0 Å². The summed E-state index contributed by atoms with van der Waals surface area (Å²) in [5, 5.41) is 0.576. The summed E-state index contributed by atoms with van der Waals surface area (Å²) in [5.41, 5.74) is 1.98. The van der Waals surface area contributed by atoms with Crippen molar-refractivity contribution in [1.82, 2.24) is 9.80 Å². The van der Waals surface area contributed by atoms with Gasteiger partial charge >= 0.3 is 0 Å². The third kappa shape index (κ3) is 3.94. The Balaban J connectivity index is 1.60. The first kappa shape index (κ1) is 18.1. The van der Waals surface area contributed by atoms with Gasteiger partial charge in [0.25, 0.3) is 11.8 Å². The zero-order valence-electron chi connectivity index (χ0n) is 14.4. The van der Waals surface area contributed by atoms with E-state index in [2.05, 4.69) is 0 Å². The van der Waals surface area contributed by atoms with Crippen molar-refractivity contribution >= 4 is 29.2 Å². The van der Waals surface area contributed by atoms with Crippen molar-refractivity contribution < 1.29 is 14.4 Å². The second kappa shape index (κ2) is 7.70. The van der Waals surface area contributed by atoms with Gasteiger partial charge in [0.15, 0.2) is 0 Å². The summed E-state index contributed by atoms with van der Waals surface area (Å²) in [6.07, 6.45) is 0. The number of aryl methyl sites for hydroxylation is 1. The van der Waals surface area contributed by atoms with Gasteiger partial charge in [0.2, 0.25) is 5.78 Å². The molecule has 1 saturated heterocycles. The van der Waals surface area contributed by atoms with E-state index in [0.29, 0.717) is 42.3 Å². The molecule has 0 radical (unpaired) electrons. The smallest absolute Gasteiger partial charge is 0.295 e. The molecule has 0 saturated carbocycles. The summed E-state index contributed by atoms with van der Waals surface area (Å²) in [7, 11) is 0. The molecule has 0 spiro atoms. The fourth-order valence-electron chi connectivity index (χ4n) is 2.86. The number of carbonyl (C=O) groups is 3. The zero-order valence-corrected chi connectivity index (χ0v) is 15.2. The molecule has 0 unspecified atom stereocenters. The van der Waals surface area contributed by atoms with Crippen LogP contribution in [0.3, 0.4) is 0 Å². The monoisotopic (exact) mass is 370 g/mol. The van der Waals surface area contributed by atoms with Crippen LogP contribution in [0.15, 0.2) is 48.5 Å². The number of Topliss-reactive ketones (excluding diaryl/α,β-unsaturated/α-hetero) is 1. The molecule has 0 bridgehead atoms. The summed E-state index contributed by atoms with van der Waals surface area (Å²) in [5.74, 6) is -1.13. The molecule has 1 fully saturated rings. The Morgan fingerprint density at radius 1 is 0.769 bits per heavy atom. The van der Waals surface area contributed by atoms with E-state index in [0.717, 1.165) is 5.56 Å². The van der Waals surface area contributed by atoms with Crippen molar-refractivity contribution in [2.45, 2.75) is 6.92 Å². The van der Waals surface area contributed by atoms with Crippen LogP contribution in [-0.4, -0.2) is 53.6 Å². The van der Waals surface area contributed by atoms with Gasteiger partial charge in [-0.1, -0.05) is 41.4 Å². The van der Waals surface area contributed by atoms with Crippen LogP contribution in [0.2, 0.25) is 5.02 Å². The highest BCUT2D eigenvalue weighted by Crippen LogP contribution is 2.14. The maximum absolute atomic E-state index is 12.5. The number of hydrogen-bond donors (Lipinski definition) is 0. The van der Waals surface area contributed by atoms with Crippen molar-refractivity contribution in [2.24, 2.45) is 0 Å². The van der Waals surface area contributed by atoms with E-state index in [1.807, 2.05) is 19.1 Å². The SMILES string of the molecule is Cc1ccc(C(=O)C(=O)N2CCN(C(=O)c3ccc(Cl)cc3)CC2)cc1. The Labute approximate surface area is 157 Å². The minimum atomic E-state index is -0.521. The highest BCUT2D eigenvalue weighted by Gasteiger charge is 2.28. The van der Waals surface area contributed by atoms with Crippen LogP contribution < -0.4 is 0 Å². The fourth-order valence-corrected chi connectivity index (χ4v) is 2.99. The van der Waals surface area contributed by atoms with Crippen molar-refractivity contribution in [3.8, 4) is 0 Å². The first-order valence-electron chi connectivity index (χ1n) is 8.41. The van der Waals surface area contributed by atoms with E-state index < -0.39 is 11.7 Å². The molecule has 0 N–H and O–H groups in total. The van der Waals surface area contributed by atoms with Crippen LogP contribution in [0, 0.1) is 6.92 Å². The lowest BCUT2D eigenvalue weighted by Gasteiger charge is -2.34. The Morgan fingerprint density at radius 2 is 1.27 bits per heavy atom. The molecule has 2 amide bonds. The summed E-state index contributed by atoms with van der Waals surface area (Å²) in [6.45, 7) is 3.40. The number of benzene rings is 2. The summed E-state index contributed by atoms with van der Waals surface area (Å²) >= 11 is 5.84. The highest BCUT2D eigenvalue weighted by molar-refractivity contribution is 6.42. The lowest BCUT2D eigenvalue weighted by atomic mass is 10.1. The molecule has 134 valence electrons. The lowest BCUT2D eigenvalue weighted by Crippen LogP contribution is -2.52. The number of ketones is 1. The van der Waals surface area contributed by atoms with Gasteiger partial charge in [-0.25, -0.2) is 0 Å². The van der Waals surface area contributed by atoms with Crippen LogP contribution in [0.1, 0.15) is 26.3 Å². The quantitative estimate of drug-likeness (QED) is 0.616. The number of nitrogens with zero attached hydrogens (tertiary/aromatic N) is 2. The molecule has 2 aromatic carbocycles. The first-order valence-corrected chi connectivity index (χ1v) is 8.78. The molecule has 3 rings (SSSR count). The average Bonchev–Trinajstić information content (AvgIpc) is 2.67. The average molecular weight is 371 g/mol. The largest absolute Gasteiger partial charge is 0.335 e. The third-order valence-corrected chi connectivity index (χ3v) is 4.71. The standard InChI is InChI=1S/C20H19ClN2O3/c1-14-2-4-15(5-3-14)18(24)20(26)23-12-10-22(11-13-23)19(25)16-6-8-17(21)9-7-16/h2-9H,10-13H2,1H3. The fraction of sp³-hybridized carbons (Fsp3) is 0.250. The molecular weight excluding hydrogens is 352 g/mol. The Bertz CT molecular complexity index is 823. The topological polar surface area (TPSA) is 57.7 Å². The Morgan fingerprint density at radius 3 is 1.85 bits per heavy atom. The molecule has 26 heavy (non-hydrogen) atoms.